The van der Waals surface area contributed by atoms with Gasteiger partial charge < -0.3 is 14.9 Å². The number of aliphatic hydroxyl groups is 1. The van der Waals surface area contributed by atoms with Gasteiger partial charge >= 0.3 is 0 Å². The van der Waals surface area contributed by atoms with E-state index in [4.69, 9.17) is 4.74 Å². The van der Waals surface area contributed by atoms with Crippen molar-refractivity contribution in [3.05, 3.63) is 52.2 Å². The molecule has 0 unspecified atom stereocenters. The normalized spacial score (nSPS) is 19.0. The van der Waals surface area contributed by atoms with Gasteiger partial charge in [0.25, 0.3) is 0 Å². The Morgan fingerprint density at radius 1 is 1.30 bits per heavy atom. The molecule has 3 rings (SSSR count). The Morgan fingerprint density at radius 3 is 2.93 bits per heavy atom. The second-order valence-electron chi connectivity index (χ2n) is 6.81. The van der Waals surface area contributed by atoms with Crippen LogP contribution in [0.1, 0.15) is 16.9 Å². The summed E-state index contributed by atoms with van der Waals surface area (Å²) in [5.74, 6) is 0.644. The van der Waals surface area contributed by atoms with Gasteiger partial charge in [0, 0.05) is 50.2 Å². The number of piperazine rings is 1. The number of phenols is 1. The number of rotatable bonds is 8. The molecule has 2 heterocycles. The zero-order chi connectivity index (χ0) is 19.1. The van der Waals surface area contributed by atoms with Crippen molar-refractivity contribution < 1.29 is 14.9 Å². The number of ether oxygens (including phenoxy) is 1. The van der Waals surface area contributed by atoms with E-state index >= 15 is 0 Å². The van der Waals surface area contributed by atoms with Gasteiger partial charge in [-0.2, -0.15) is 0 Å². The minimum atomic E-state index is 0.156. The minimum absolute atomic E-state index is 0.156. The smallest absolute Gasteiger partial charge is 0.161 e. The van der Waals surface area contributed by atoms with Gasteiger partial charge in [-0.3, -0.25) is 9.80 Å². The van der Waals surface area contributed by atoms with Crippen molar-refractivity contribution in [1.29, 1.82) is 0 Å². The van der Waals surface area contributed by atoms with Gasteiger partial charge in [-0.05, 0) is 35.6 Å². The van der Waals surface area contributed by atoms with Crippen molar-refractivity contribution in [2.45, 2.75) is 19.0 Å². The van der Waals surface area contributed by atoms with Crippen molar-refractivity contribution in [1.82, 2.24) is 9.80 Å². The average molecular weight is 389 g/mol. The monoisotopic (exact) mass is 388 g/mol. The van der Waals surface area contributed by atoms with Crippen LogP contribution in [-0.2, 0) is 6.54 Å². The third kappa shape index (κ3) is 5.56. The van der Waals surface area contributed by atoms with Gasteiger partial charge in [0.1, 0.15) is 0 Å². The Kier molecular flexibility index (Phi) is 7.29. The number of phenolic OH excluding ortho intramolecular Hbond substituents is 1. The predicted octanol–water partition coefficient (Wildman–Crippen LogP) is 3.04. The van der Waals surface area contributed by atoms with Crippen molar-refractivity contribution in [3.8, 4) is 11.5 Å². The van der Waals surface area contributed by atoms with Crippen LogP contribution in [0.25, 0.3) is 6.08 Å². The van der Waals surface area contributed by atoms with Gasteiger partial charge in [0.15, 0.2) is 11.5 Å². The molecule has 0 saturated carbocycles. The summed E-state index contributed by atoms with van der Waals surface area (Å²) in [6.07, 6.45) is 5.01. The first-order valence-corrected chi connectivity index (χ1v) is 10.2. The molecule has 0 spiro atoms. The Labute approximate surface area is 165 Å². The first-order chi connectivity index (χ1) is 13.2. The quantitative estimate of drug-likeness (QED) is 0.728. The summed E-state index contributed by atoms with van der Waals surface area (Å²) in [6, 6.07) is 10.0. The molecule has 0 bridgehead atoms. The van der Waals surface area contributed by atoms with Crippen LogP contribution in [0.3, 0.4) is 0 Å². The topological polar surface area (TPSA) is 56.2 Å². The maximum atomic E-state index is 9.68. The van der Waals surface area contributed by atoms with E-state index in [2.05, 4.69) is 39.5 Å². The fraction of sp³-hybridized carbons (Fsp3) is 0.429. The van der Waals surface area contributed by atoms with Crippen molar-refractivity contribution in [2.75, 3.05) is 39.9 Å². The second kappa shape index (κ2) is 9.90. The molecule has 1 saturated heterocycles. The molecular formula is C21H28N2O3S. The molecule has 1 aromatic heterocycles. The van der Waals surface area contributed by atoms with E-state index in [1.165, 1.54) is 4.88 Å². The summed E-state index contributed by atoms with van der Waals surface area (Å²) in [5, 5.41) is 21.3. The van der Waals surface area contributed by atoms with Crippen LogP contribution >= 0.6 is 11.3 Å². The molecule has 1 aliphatic heterocycles. The van der Waals surface area contributed by atoms with Crippen molar-refractivity contribution in [2.24, 2.45) is 0 Å². The van der Waals surface area contributed by atoms with E-state index in [-0.39, 0.29) is 12.4 Å². The van der Waals surface area contributed by atoms with Gasteiger partial charge in [0.2, 0.25) is 0 Å². The number of hydrogen-bond donors (Lipinski definition) is 2. The predicted molar refractivity (Wildman–Crippen MR) is 110 cm³/mol. The van der Waals surface area contributed by atoms with Crippen LogP contribution in [0.2, 0.25) is 0 Å². The SMILES string of the molecule is COc1cc(/C=C/CN2CCN(Cc3cccs3)[C@H](CCO)C2)ccc1O. The number of aromatic hydroxyl groups is 1. The number of thiophene rings is 1. The van der Waals surface area contributed by atoms with Crippen LogP contribution in [0, 0.1) is 0 Å². The highest BCUT2D eigenvalue weighted by atomic mass is 32.1. The fourth-order valence-electron chi connectivity index (χ4n) is 3.49. The third-order valence-electron chi connectivity index (χ3n) is 4.97. The van der Waals surface area contributed by atoms with E-state index in [9.17, 15) is 10.2 Å². The largest absolute Gasteiger partial charge is 0.504 e. The molecule has 27 heavy (non-hydrogen) atoms. The first kappa shape index (κ1) is 19.9. The molecule has 0 aliphatic carbocycles. The highest BCUT2D eigenvalue weighted by molar-refractivity contribution is 7.09. The standard InChI is InChI=1S/C21H28N2O3S/c1-26-21-14-17(6-7-20(21)25)4-2-9-22-10-11-23(18(15-22)8-12-24)16-19-5-3-13-27-19/h2-7,13-14,18,24-25H,8-12,15-16H2,1H3/b4-2+/t18-/m1/s1. The minimum Gasteiger partial charge on any atom is -0.504 e. The van der Waals surface area contributed by atoms with Crippen molar-refractivity contribution >= 4 is 17.4 Å². The second-order valence-corrected chi connectivity index (χ2v) is 7.84. The van der Waals surface area contributed by atoms with Gasteiger partial charge in [-0.15, -0.1) is 11.3 Å². The molecule has 2 N–H and O–H groups in total. The maximum absolute atomic E-state index is 9.68. The average Bonchev–Trinajstić information content (AvgIpc) is 3.18. The molecule has 146 valence electrons. The fourth-order valence-corrected chi connectivity index (χ4v) is 4.22. The van der Waals surface area contributed by atoms with Crippen LogP contribution in [-0.4, -0.2) is 66.0 Å². The lowest BCUT2D eigenvalue weighted by molar-refractivity contribution is 0.0604. The van der Waals surface area contributed by atoms with Crippen LogP contribution < -0.4 is 4.74 Å². The Balaban J connectivity index is 1.55. The third-order valence-corrected chi connectivity index (χ3v) is 5.83. The highest BCUT2D eigenvalue weighted by Crippen LogP contribution is 2.26. The molecule has 1 fully saturated rings. The number of aliphatic hydroxyl groups excluding tert-OH is 1. The number of benzene rings is 1. The molecule has 1 aromatic carbocycles. The lowest BCUT2D eigenvalue weighted by atomic mass is 10.1. The molecular weight excluding hydrogens is 360 g/mol. The summed E-state index contributed by atoms with van der Waals surface area (Å²) in [7, 11) is 1.56. The lowest BCUT2D eigenvalue weighted by Crippen LogP contribution is -2.52. The zero-order valence-electron chi connectivity index (χ0n) is 15.8. The Morgan fingerprint density at radius 2 is 2.19 bits per heavy atom. The number of methoxy groups -OCH3 is 1. The molecule has 2 aromatic rings. The van der Waals surface area contributed by atoms with E-state index in [0.717, 1.165) is 44.7 Å². The lowest BCUT2D eigenvalue weighted by Gasteiger charge is -2.41. The molecule has 0 amide bonds. The molecule has 6 heteroatoms. The summed E-state index contributed by atoms with van der Waals surface area (Å²) in [5.41, 5.74) is 1.01. The Bertz CT molecular complexity index is 733. The van der Waals surface area contributed by atoms with Crippen molar-refractivity contribution in [3.63, 3.8) is 0 Å². The molecule has 1 aliphatic rings. The summed E-state index contributed by atoms with van der Waals surface area (Å²) >= 11 is 1.80. The number of nitrogens with zero attached hydrogens (tertiary/aromatic N) is 2. The van der Waals surface area contributed by atoms with Gasteiger partial charge in [-0.25, -0.2) is 0 Å². The zero-order valence-corrected chi connectivity index (χ0v) is 16.6. The summed E-state index contributed by atoms with van der Waals surface area (Å²) < 4.78 is 5.16. The first-order valence-electron chi connectivity index (χ1n) is 9.33. The molecule has 5 nitrogen and oxygen atoms in total. The van der Waals surface area contributed by atoms with E-state index in [1.807, 2.05) is 12.1 Å². The van der Waals surface area contributed by atoms with E-state index < -0.39 is 0 Å². The van der Waals surface area contributed by atoms with Gasteiger partial charge in [0.05, 0.1) is 7.11 Å². The van der Waals surface area contributed by atoms with Crippen LogP contribution in [0.4, 0.5) is 0 Å². The number of hydrogen-bond acceptors (Lipinski definition) is 6. The highest BCUT2D eigenvalue weighted by Gasteiger charge is 2.26. The van der Waals surface area contributed by atoms with E-state index in [1.54, 1.807) is 24.5 Å². The van der Waals surface area contributed by atoms with Crippen LogP contribution in [0.5, 0.6) is 11.5 Å². The van der Waals surface area contributed by atoms with E-state index in [0.29, 0.717) is 11.8 Å². The molecule has 1 atom stereocenters. The summed E-state index contributed by atoms with van der Waals surface area (Å²) in [6.45, 7) is 5.08. The Hall–Kier alpha value is -1.86. The van der Waals surface area contributed by atoms with Gasteiger partial charge in [-0.1, -0.05) is 24.3 Å². The molecule has 0 radical (unpaired) electrons. The van der Waals surface area contributed by atoms with Crippen LogP contribution in [0.15, 0.2) is 41.8 Å². The summed E-state index contributed by atoms with van der Waals surface area (Å²) in [4.78, 5) is 6.31. The maximum Gasteiger partial charge on any atom is 0.161 e.